The average Bonchev–Trinajstić information content (AvgIpc) is 3.18. The van der Waals surface area contributed by atoms with Crippen molar-refractivity contribution in [3.05, 3.63) is 30.2 Å². The Morgan fingerprint density at radius 2 is 2.00 bits per heavy atom. The van der Waals surface area contributed by atoms with Crippen molar-refractivity contribution >= 4 is 16.8 Å². The number of carbonyl (C=O) groups is 1. The Labute approximate surface area is 192 Å². The molecular weight excluding hydrogens is 406 g/mol. The number of aryl methyl sites for hydroxylation is 1. The van der Waals surface area contributed by atoms with Gasteiger partial charge in [-0.2, -0.15) is 0 Å². The molecular formula is C25H39N3O4. The van der Waals surface area contributed by atoms with Gasteiger partial charge in [-0.3, -0.25) is 9.78 Å². The lowest BCUT2D eigenvalue weighted by atomic mass is 9.75. The zero-order valence-corrected chi connectivity index (χ0v) is 20.3. The lowest BCUT2D eigenvalue weighted by Crippen LogP contribution is -2.76. The van der Waals surface area contributed by atoms with Gasteiger partial charge >= 0.3 is 0 Å². The van der Waals surface area contributed by atoms with Gasteiger partial charge in [-0.1, -0.05) is 40.0 Å². The molecule has 1 saturated heterocycles. The van der Waals surface area contributed by atoms with Crippen LogP contribution in [0.4, 0.5) is 0 Å². The van der Waals surface area contributed by atoms with Crippen LogP contribution in [-0.4, -0.2) is 59.7 Å². The highest BCUT2D eigenvalue weighted by atomic mass is 16.7. The molecule has 1 aliphatic heterocycles. The van der Waals surface area contributed by atoms with E-state index in [4.69, 9.17) is 14.2 Å². The van der Waals surface area contributed by atoms with Crippen LogP contribution in [0.15, 0.2) is 24.5 Å². The van der Waals surface area contributed by atoms with Crippen LogP contribution in [0.2, 0.25) is 0 Å². The number of nitrogens with zero attached hydrogens (tertiary/aromatic N) is 3. The predicted octanol–water partition coefficient (Wildman–Crippen LogP) is 4.38. The first-order valence-electron chi connectivity index (χ1n) is 11.8. The van der Waals surface area contributed by atoms with Crippen molar-refractivity contribution in [2.24, 2.45) is 5.92 Å². The number of likely N-dealkylation sites (tertiary alicyclic amines) is 1. The first-order valence-corrected chi connectivity index (χ1v) is 11.8. The van der Waals surface area contributed by atoms with Gasteiger partial charge in [-0.25, -0.2) is 0 Å². The molecule has 2 aromatic rings. The molecule has 0 spiro atoms. The van der Waals surface area contributed by atoms with E-state index in [9.17, 15) is 4.79 Å². The molecule has 2 atom stereocenters. The van der Waals surface area contributed by atoms with Crippen LogP contribution >= 0.6 is 0 Å². The number of rotatable bonds is 14. The number of ether oxygens (including phenoxy) is 3. The van der Waals surface area contributed by atoms with Crippen molar-refractivity contribution in [2.75, 3.05) is 27.7 Å². The van der Waals surface area contributed by atoms with Gasteiger partial charge in [0.15, 0.2) is 5.60 Å². The third kappa shape index (κ3) is 5.16. The number of carbonyl (C=O) groups excluding carboxylic acids is 1. The maximum atomic E-state index is 13.3. The topological polar surface area (TPSA) is 65.8 Å². The van der Waals surface area contributed by atoms with E-state index in [1.165, 1.54) is 19.3 Å². The SMILES string of the molecule is CCCCCCn1ccc2cnc(C[C@@]3(OCOC)C(=O)N(COC)[C@H]3CC(C)C)cc21. The number of hydrogen-bond donors (Lipinski definition) is 0. The summed E-state index contributed by atoms with van der Waals surface area (Å²) in [4.78, 5) is 19.7. The quantitative estimate of drug-likeness (QED) is 0.245. The Morgan fingerprint density at radius 1 is 1.19 bits per heavy atom. The van der Waals surface area contributed by atoms with E-state index in [1.807, 2.05) is 6.20 Å². The molecule has 1 amide bonds. The minimum atomic E-state index is -0.974. The Balaban J connectivity index is 1.86. The maximum absolute atomic E-state index is 13.3. The zero-order valence-electron chi connectivity index (χ0n) is 20.3. The van der Waals surface area contributed by atoms with E-state index >= 15 is 0 Å². The molecule has 2 aromatic heterocycles. The molecule has 0 radical (unpaired) electrons. The summed E-state index contributed by atoms with van der Waals surface area (Å²) in [5.41, 5.74) is 1.05. The Bertz CT molecular complexity index is 881. The number of amides is 1. The Kier molecular flexibility index (Phi) is 8.68. The molecule has 32 heavy (non-hydrogen) atoms. The van der Waals surface area contributed by atoms with Crippen LogP contribution in [0, 0.1) is 5.92 Å². The highest BCUT2D eigenvalue weighted by molar-refractivity contribution is 5.93. The summed E-state index contributed by atoms with van der Waals surface area (Å²) in [5.74, 6) is 0.354. The Morgan fingerprint density at radius 3 is 2.69 bits per heavy atom. The minimum absolute atomic E-state index is 0.0566. The molecule has 7 nitrogen and oxygen atoms in total. The van der Waals surface area contributed by atoms with Crippen LogP contribution in [0.3, 0.4) is 0 Å². The number of unbranched alkanes of at least 4 members (excludes halogenated alkanes) is 3. The standard InChI is InChI=1S/C25H39N3O4/c1-6-7-8-9-11-27-12-10-20-16-26-21(14-22(20)27)15-25(32-18-31-5)23(13-19(2)3)28(17-30-4)24(25)29/h10,12,14,16,19,23H,6-9,11,13,15,17-18H2,1-5H3/t23-,25-/m0/s1. The summed E-state index contributed by atoms with van der Waals surface area (Å²) in [7, 11) is 3.19. The summed E-state index contributed by atoms with van der Waals surface area (Å²) >= 11 is 0. The molecule has 3 rings (SSSR count). The van der Waals surface area contributed by atoms with E-state index in [2.05, 4.69) is 48.7 Å². The minimum Gasteiger partial charge on any atom is -0.364 e. The van der Waals surface area contributed by atoms with Gasteiger partial charge in [0, 0.05) is 50.7 Å². The van der Waals surface area contributed by atoms with Crippen LogP contribution in [0.1, 0.15) is 58.6 Å². The number of methoxy groups -OCH3 is 2. The fourth-order valence-corrected chi connectivity index (χ4v) is 4.73. The van der Waals surface area contributed by atoms with E-state index in [0.29, 0.717) is 12.3 Å². The van der Waals surface area contributed by atoms with Crippen molar-refractivity contribution in [1.29, 1.82) is 0 Å². The monoisotopic (exact) mass is 445 g/mol. The molecule has 178 valence electrons. The van der Waals surface area contributed by atoms with Gasteiger partial charge in [-0.05, 0) is 30.9 Å². The highest BCUT2D eigenvalue weighted by Gasteiger charge is 2.62. The average molecular weight is 446 g/mol. The number of hydrogen-bond acceptors (Lipinski definition) is 5. The third-order valence-electron chi connectivity index (χ3n) is 6.34. The molecule has 0 N–H and O–H groups in total. The molecule has 0 bridgehead atoms. The summed E-state index contributed by atoms with van der Waals surface area (Å²) in [6.45, 7) is 7.87. The van der Waals surface area contributed by atoms with Gasteiger partial charge in [-0.15, -0.1) is 0 Å². The number of β-lactam (4-membered cyclic amide) rings is 1. The van der Waals surface area contributed by atoms with E-state index in [0.717, 1.165) is 36.0 Å². The van der Waals surface area contributed by atoms with Crippen LogP contribution < -0.4 is 0 Å². The van der Waals surface area contributed by atoms with Gasteiger partial charge in [0.05, 0.1) is 11.6 Å². The lowest BCUT2D eigenvalue weighted by Gasteiger charge is -2.55. The van der Waals surface area contributed by atoms with Crippen LogP contribution in [-0.2, 0) is 32.0 Å². The molecule has 0 aliphatic carbocycles. The van der Waals surface area contributed by atoms with Crippen LogP contribution in [0.5, 0.6) is 0 Å². The molecule has 0 unspecified atom stereocenters. The first kappa shape index (κ1) is 24.7. The number of aromatic nitrogens is 2. The maximum Gasteiger partial charge on any atom is 0.259 e. The molecule has 7 heteroatoms. The predicted molar refractivity (Wildman–Crippen MR) is 125 cm³/mol. The van der Waals surface area contributed by atoms with Gasteiger partial charge in [0.1, 0.15) is 13.5 Å². The second-order valence-corrected chi connectivity index (χ2v) is 9.26. The van der Waals surface area contributed by atoms with Crippen LogP contribution in [0.25, 0.3) is 10.9 Å². The molecule has 0 saturated carbocycles. The van der Waals surface area contributed by atoms with E-state index in [-0.39, 0.29) is 25.5 Å². The second kappa shape index (κ2) is 11.3. The lowest BCUT2D eigenvalue weighted by molar-refractivity contribution is -0.235. The fourth-order valence-electron chi connectivity index (χ4n) is 4.73. The normalized spacial score (nSPS) is 21.0. The Hall–Kier alpha value is -1.96. The first-order chi connectivity index (χ1) is 15.5. The molecule has 1 fully saturated rings. The summed E-state index contributed by atoms with van der Waals surface area (Å²) in [6.07, 6.45) is 10.2. The van der Waals surface area contributed by atoms with Crippen molar-refractivity contribution in [1.82, 2.24) is 14.5 Å². The van der Waals surface area contributed by atoms with Crippen molar-refractivity contribution < 1.29 is 19.0 Å². The van der Waals surface area contributed by atoms with Gasteiger partial charge in [0.2, 0.25) is 0 Å². The number of pyridine rings is 1. The summed E-state index contributed by atoms with van der Waals surface area (Å²) < 4.78 is 18.9. The smallest absolute Gasteiger partial charge is 0.259 e. The summed E-state index contributed by atoms with van der Waals surface area (Å²) in [5, 5.41) is 1.12. The van der Waals surface area contributed by atoms with Gasteiger partial charge < -0.3 is 23.7 Å². The van der Waals surface area contributed by atoms with E-state index in [1.54, 1.807) is 19.1 Å². The zero-order chi connectivity index (χ0) is 23.1. The molecule has 1 aliphatic rings. The summed E-state index contributed by atoms with van der Waals surface area (Å²) in [6, 6.07) is 4.15. The number of fused-ring (bicyclic) bond motifs is 1. The van der Waals surface area contributed by atoms with Gasteiger partial charge in [0.25, 0.3) is 5.91 Å². The highest BCUT2D eigenvalue weighted by Crippen LogP contribution is 2.41. The van der Waals surface area contributed by atoms with Crippen molar-refractivity contribution in [3.8, 4) is 0 Å². The largest absolute Gasteiger partial charge is 0.364 e. The van der Waals surface area contributed by atoms with E-state index < -0.39 is 5.60 Å². The molecule has 3 heterocycles. The second-order valence-electron chi connectivity index (χ2n) is 9.26. The van der Waals surface area contributed by atoms with Crippen molar-refractivity contribution in [2.45, 2.75) is 77.5 Å². The third-order valence-corrected chi connectivity index (χ3v) is 6.34. The van der Waals surface area contributed by atoms with Crippen molar-refractivity contribution in [3.63, 3.8) is 0 Å². The molecule has 0 aromatic carbocycles. The fraction of sp³-hybridized carbons (Fsp3) is 0.680.